The van der Waals surface area contributed by atoms with E-state index < -0.39 is 25.2 Å². The number of aliphatic carboxylic acids is 1. The first-order valence-electron chi connectivity index (χ1n) is 3.29. The van der Waals surface area contributed by atoms with E-state index in [-0.39, 0.29) is 6.54 Å². The van der Waals surface area contributed by atoms with Gasteiger partial charge in [0.2, 0.25) is 0 Å². The summed E-state index contributed by atoms with van der Waals surface area (Å²) < 4.78 is 35.3. The Morgan fingerprint density at radius 3 is 2.38 bits per heavy atom. The normalized spacial score (nSPS) is 11.3. The number of carboxylic acid groups (broad SMARTS) is 1. The molecule has 0 atom stereocenters. The van der Waals surface area contributed by atoms with Crippen molar-refractivity contribution in [2.45, 2.75) is 6.18 Å². The van der Waals surface area contributed by atoms with Gasteiger partial charge in [-0.2, -0.15) is 13.2 Å². The van der Waals surface area contributed by atoms with E-state index in [1.54, 1.807) is 0 Å². The average molecular weight is 195 g/mol. The molecule has 0 aliphatic rings. The Morgan fingerprint density at radius 2 is 2.08 bits per heavy atom. The van der Waals surface area contributed by atoms with Gasteiger partial charge in [-0.25, -0.2) is 0 Å². The van der Waals surface area contributed by atoms with Crippen LogP contribution in [0, 0.1) is 12.3 Å². The molecular weight excluding hydrogens is 187 g/mol. The topological polar surface area (TPSA) is 40.5 Å². The van der Waals surface area contributed by atoms with Crippen LogP contribution in [-0.4, -0.2) is 41.8 Å². The molecule has 1 N–H and O–H groups in total. The lowest BCUT2D eigenvalue weighted by Gasteiger charge is -2.18. The van der Waals surface area contributed by atoms with E-state index in [2.05, 4.69) is 0 Å². The van der Waals surface area contributed by atoms with Gasteiger partial charge in [0, 0.05) is 0 Å². The van der Waals surface area contributed by atoms with Crippen molar-refractivity contribution in [2.24, 2.45) is 0 Å². The van der Waals surface area contributed by atoms with Crippen molar-refractivity contribution in [2.75, 3.05) is 19.6 Å². The van der Waals surface area contributed by atoms with Gasteiger partial charge in [0.1, 0.15) is 0 Å². The van der Waals surface area contributed by atoms with E-state index in [0.717, 1.165) is 0 Å². The summed E-state index contributed by atoms with van der Waals surface area (Å²) in [5.74, 6) is 0.625. The minimum Gasteiger partial charge on any atom is -0.480 e. The summed E-state index contributed by atoms with van der Waals surface area (Å²) in [6.07, 6.45) is 0.348. The van der Waals surface area contributed by atoms with E-state index in [1.807, 2.05) is 5.92 Å². The predicted molar refractivity (Wildman–Crippen MR) is 39.0 cm³/mol. The molecule has 0 amide bonds. The molecule has 0 saturated carbocycles. The second kappa shape index (κ2) is 4.72. The van der Waals surface area contributed by atoms with Gasteiger partial charge < -0.3 is 5.11 Å². The zero-order valence-electron chi connectivity index (χ0n) is 6.64. The van der Waals surface area contributed by atoms with Crippen molar-refractivity contribution >= 4 is 5.97 Å². The standard InChI is InChI=1S/C7H8F3NO2/c1-2-3-11(4-6(12)13)5-7(8,9)10/h1H,3-5H2,(H,12,13). The first-order chi connectivity index (χ1) is 5.85. The van der Waals surface area contributed by atoms with Gasteiger partial charge in [-0.1, -0.05) is 5.92 Å². The number of hydrogen-bond donors (Lipinski definition) is 1. The molecule has 0 aromatic heterocycles. The molecule has 0 aliphatic heterocycles. The van der Waals surface area contributed by atoms with Crippen LogP contribution >= 0.6 is 0 Å². The first kappa shape index (κ1) is 11.8. The van der Waals surface area contributed by atoms with E-state index >= 15 is 0 Å². The molecule has 0 spiro atoms. The summed E-state index contributed by atoms with van der Waals surface area (Å²) in [7, 11) is 0. The summed E-state index contributed by atoms with van der Waals surface area (Å²) in [4.78, 5) is 10.7. The number of carbonyl (C=O) groups is 1. The highest BCUT2D eigenvalue weighted by Gasteiger charge is 2.30. The maximum absolute atomic E-state index is 11.8. The largest absolute Gasteiger partial charge is 0.480 e. The van der Waals surface area contributed by atoms with E-state index in [0.29, 0.717) is 4.90 Å². The fourth-order valence-corrected chi connectivity index (χ4v) is 0.742. The molecular formula is C7H8F3NO2. The molecule has 0 bridgehead atoms. The van der Waals surface area contributed by atoms with Crippen LogP contribution in [-0.2, 0) is 4.79 Å². The number of terminal acetylenes is 1. The predicted octanol–water partition coefficient (Wildman–Crippen LogP) is 0.569. The zero-order valence-corrected chi connectivity index (χ0v) is 6.64. The highest BCUT2D eigenvalue weighted by atomic mass is 19.4. The van der Waals surface area contributed by atoms with Gasteiger partial charge >= 0.3 is 12.1 Å². The summed E-state index contributed by atoms with van der Waals surface area (Å²) in [6, 6.07) is 0. The molecule has 0 aromatic carbocycles. The molecule has 0 saturated heterocycles. The second-order valence-electron chi connectivity index (χ2n) is 2.36. The summed E-state index contributed by atoms with van der Waals surface area (Å²) >= 11 is 0. The van der Waals surface area contributed by atoms with Crippen LogP contribution < -0.4 is 0 Å². The van der Waals surface area contributed by atoms with Crippen LogP contribution in [0.25, 0.3) is 0 Å². The minimum atomic E-state index is -4.42. The Morgan fingerprint density at radius 1 is 1.54 bits per heavy atom. The number of rotatable bonds is 4. The SMILES string of the molecule is C#CCN(CC(=O)O)CC(F)(F)F. The quantitative estimate of drug-likeness (QED) is 0.666. The van der Waals surface area contributed by atoms with Gasteiger partial charge in [-0.3, -0.25) is 9.69 Å². The maximum atomic E-state index is 11.8. The molecule has 3 nitrogen and oxygen atoms in total. The van der Waals surface area contributed by atoms with Crippen LogP contribution in [0.1, 0.15) is 0 Å². The molecule has 0 unspecified atom stereocenters. The van der Waals surface area contributed by atoms with Gasteiger partial charge in [0.25, 0.3) is 0 Å². The summed E-state index contributed by atoms with van der Waals surface area (Å²) in [5.41, 5.74) is 0. The van der Waals surface area contributed by atoms with Crippen LogP contribution in [0.15, 0.2) is 0 Å². The number of hydrogen-bond acceptors (Lipinski definition) is 2. The van der Waals surface area contributed by atoms with Gasteiger partial charge in [0.15, 0.2) is 0 Å². The van der Waals surface area contributed by atoms with Crippen molar-refractivity contribution in [3.05, 3.63) is 0 Å². The molecule has 0 radical (unpaired) electrons. The van der Waals surface area contributed by atoms with Gasteiger partial charge in [-0.05, 0) is 0 Å². The van der Waals surface area contributed by atoms with Gasteiger partial charge in [-0.15, -0.1) is 6.42 Å². The molecule has 74 valence electrons. The smallest absolute Gasteiger partial charge is 0.401 e. The number of carboxylic acids is 1. The second-order valence-corrected chi connectivity index (χ2v) is 2.36. The molecule has 13 heavy (non-hydrogen) atoms. The first-order valence-corrected chi connectivity index (χ1v) is 3.29. The van der Waals surface area contributed by atoms with Crippen LogP contribution in [0.4, 0.5) is 13.2 Å². The third-order valence-corrected chi connectivity index (χ3v) is 1.08. The Labute approximate surface area is 73.1 Å². The molecule has 6 heteroatoms. The van der Waals surface area contributed by atoms with Crippen molar-refractivity contribution in [1.29, 1.82) is 0 Å². The van der Waals surface area contributed by atoms with Crippen LogP contribution in [0.5, 0.6) is 0 Å². The number of nitrogens with zero attached hydrogens (tertiary/aromatic N) is 1. The zero-order chi connectivity index (χ0) is 10.5. The molecule has 0 fully saturated rings. The van der Waals surface area contributed by atoms with E-state index in [9.17, 15) is 18.0 Å². The monoisotopic (exact) mass is 195 g/mol. The lowest BCUT2D eigenvalue weighted by molar-refractivity contribution is -0.152. The highest BCUT2D eigenvalue weighted by Crippen LogP contribution is 2.15. The molecule has 0 heterocycles. The van der Waals surface area contributed by atoms with E-state index in [1.165, 1.54) is 0 Å². The van der Waals surface area contributed by atoms with Crippen molar-refractivity contribution in [1.82, 2.24) is 4.90 Å². The number of alkyl halides is 3. The maximum Gasteiger partial charge on any atom is 0.401 e. The Bertz CT molecular complexity index is 219. The highest BCUT2D eigenvalue weighted by molar-refractivity contribution is 5.69. The van der Waals surface area contributed by atoms with Crippen molar-refractivity contribution in [3.63, 3.8) is 0 Å². The minimum absolute atomic E-state index is 0.328. The Kier molecular flexibility index (Phi) is 4.28. The van der Waals surface area contributed by atoms with Crippen molar-refractivity contribution < 1.29 is 23.1 Å². The Balaban J connectivity index is 4.11. The molecule has 0 rings (SSSR count). The third-order valence-electron chi connectivity index (χ3n) is 1.08. The molecule has 0 aromatic rings. The van der Waals surface area contributed by atoms with Crippen LogP contribution in [0.2, 0.25) is 0 Å². The third kappa shape index (κ3) is 7.15. The lowest BCUT2D eigenvalue weighted by Crippen LogP contribution is -2.38. The van der Waals surface area contributed by atoms with Crippen molar-refractivity contribution in [3.8, 4) is 12.3 Å². The fraction of sp³-hybridized carbons (Fsp3) is 0.571. The van der Waals surface area contributed by atoms with Crippen LogP contribution in [0.3, 0.4) is 0 Å². The lowest BCUT2D eigenvalue weighted by atomic mass is 10.4. The summed E-state index contributed by atoms with van der Waals surface area (Å²) in [6.45, 7) is -2.33. The molecule has 0 aliphatic carbocycles. The van der Waals surface area contributed by atoms with Gasteiger partial charge in [0.05, 0.1) is 19.6 Å². The number of halogens is 3. The fourth-order valence-electron chi connectivity index (χ4n) is 0.742. The summed E-state index contributed by atoms with van der Waals surface area (Å²) in [5, 5.41) is 8.23. The Hall–Kier alpha value is -1.22. The van der Waals surface area contributed by atoms with E-state index in [4.69, 9.17) is 11.5 Å². The average Bonchev–Trinajstić information content (AvgIpc) is 1.81.